The molecular formula is C9H14O6. The molecule has 0 aliphatic carbocycles. The minimum Gasteiger partial charge on any atom is -0.419 e. The summed E-state index contributed by atoms with van der Waals surface area (Å²) >= 11 is 0. The average molecular weight is 218 g/mol. The zero-order valence-electron chi connectivity index (χ0n) is 8.69. The highest BCUT2D eigenvalue weighted by Gasteiger charge is 2.44. The molecular weight excluding hydrogens is 204 g/mol. The Hall–Kier alpha value is -1.11. The van der Waals surface area contributed by atoms with E-state index in [0.29, 0.717) is 0 Å². The topological polar surface area (TPSA) is 74.2 Å². The summed E-state index contributed by atoms with van der Waals surface area (Å²) in [5, 5.41) is 8.58. The van der Waals surface area contributed by atoms with Gasteiger partial charge < -0.3 is 24.1 Å². The zero-order chi connectivity index (χ0) is 11.5. The molecule has 0 radical (unpaired) electrons. The van der Waals surface area contributed by atoms with Crippen LogP contribution in [0.15, 0.2) is 12.3 Å². The van der Waals surface area contributed by atoms with Gasteiger partial charge in [0.25, 0.3) is 0 Å². The second-order valence-corrected chi connectivity index (χ2v) is 3.27. The van der Waals surface area contributed by atoms with Crippen LogP contribution in [0.1, 0.15) is 13.3 Å². The fourth-order valence-electron chi connectivity index (χ4n) is 1.24. The average Bonchev–Trinajstić information content (AvgIpc) is 2.40. The van der Waals surface area contributed by atoms with Crippen LogP contribution in [0.5, 0.6) is 0 Å². The number of carbonyl (C=O) groups excluding carboxylic acids is 1. The first-order valence-corrected chi connectivity index (χ1v) is 4.37. The molecule has 1 saturated heterocycles. The molecule has 86 valence electrons. The maximum Gasteiger partial charge on any atom is 0.514 e. The molecule has 0 saturated carbocycles. The van der Waals surface area contributed by atoms with Gasteiger partial charge in [-0.15, -0.1) is 0 Å². The smallest absolute Gasteiger partial charge is 0.419 e. The van der Waals surface area contributed by atoms with Gasteiger partial charge >= 0.3 is 6.16 Å². The minimum atomic E-state index is -0.979. The number of aliphatic hydroxyl groups is 1. The van der Waals surface area contributed by atoms with Crippen molar-refractivity contribution in [2.45, 2.75) is 25.2 Å². The number of hydrogen-bond donors (Lipinski definition) is 1. The van der Waals surface area contributed by atoms with E-state index >= 15 is 0 Å². The zero-order valence-corrected chi connectivity index (χ0v) is 8.69. The van der Waals surface area contributed by atoms with Crippen LogP contribution in [0.3, 0.4) is 0 Å². The second kappa shape index (κ2) is 4.61. The van der Waals surface area contributed by atoms with Crippen LogP contribution in [-0.2, 0) is 18.9 Å². The molecule has 1 N–H and O–H groups in total. The predicted molar refractivity (Wildman–Crippen MR) is 48.7 cm³/mol. The van der Waals surface area contributed by atoms with Gasteiger partial charge in [0.15, 0.2) is 11.9 Å². The highest BCUT2D eigenvalue weighted by molar-refractivity contribution is 5.66. The normalized spacial score (nSPS) is 27.4. The van der Waals surface area contributed by atoms with E-state index in [0.717, 1.165) is 0 Å². The highest BCUT2D eigenvalue weighted by atomic mass is 16.8. The van der Waals surface area contributed by atoms with E-state index in [-0.39, 0.29) is 12.2 Å². The van der Waals surface area contributed by atoms with Crippen molar-refractivity contribution in [1.82, 2.24) is 0 Å². The van der Waals surface area contributed by atoms with Crippen molar-refractivity contribution in [1.29, 1.82) is 0 Å². The van der Waals surface area contributed by atoms with Gasteiger partial charge in [-0.3, -0.25) is 0 Å². The van der Waals surface area contributed by atoms with E-state index in [1.165, 1.54) is 7.11 Å². The molecule has 0 aromatic heterocycles. The van der Waals surface area contributed by atoms with Crippen LogP contribution in [0.2, 0.25) is 0 Å². The van der Waals surface area contributed by atoms with Gasteiger partial charge in [-0.05, 0) is 6.92 Å². The molecule has 1 aliphatic rings. The van der Waals surface area contributed by atoms with E-state index in [1.54, 1.807) is 6.92 Å². The van der Waals surface area contributed by atoms with Crippen LogP contribution < -0.4 is 0 Å². The summed E-state index contributed by atoms with van der Waals surface area (Å²) in [6, 6.07) is 0. The third-order valence-electron chi connectivity index (χ3n) is 2.18. The Morgan fingerprint density at radius 3 is 2.73 bits per heavy atom. The predicted octanol–water partition coefficient (Wildman–Crippen LogP) is 0.755. The van der Waals surface area contributed by atoms with Crippen molar-refractivity contribution in [2.75, 3.05) is 13.9 Å². The van der Waals surface area contributed by atoms with Crippen LogP contribution in [0.25, 0.3) is 0 Å². The van der Waals surface area contributed by atoms with Crippen LogP contribution in [0.4, 0.5) is 4.79 Å². The van der Waals surface area contributed by atoms with E-state index in [2.05, 4.69) is 11.3 Å². The van der Waals surface area contributed by atoms with Crippen molar-refractivity contribution >= 4 is 6.16 Å². The molecule has 6 nitrogen and oxygen atoms in total. The number of methoxy groups -OCH3 is 1. The minimum absolute atomic E-state index is 0.203. The van der Waals surface area contributed by atoms with Crippen LogP contribution in [-0.4, -0.2) is 37.1 Å². The molecule has 1 fully saturated rings. The first-order chi connectivity index (χ1) is 7.01. The molecule has 2 unspecified atom stereocenters. The number of cyclic esters (lactones) is 2. The molecule has 6 heteroatoms. The number of rotatable bonds is 5. The Morgan fingerprint density at radius 2 is 2.33 bits per heavy atom. The maximum atomic E-state index is 10.9. The standard InChI is InChI=1S/C9H14O6/c1-6-9(2,15-8(11)14-6)4-7(12-3)13-5-10/h7,10H,1,4-5H2,2-3H3. The van der Waals surface area contributed by atoms with Gasteiger partial charge in [0.2, 0.25) is 0 Å². The molecule has 0 spiro atoms. The van der Waals surface area contributed by atoms with Crippen molar-refractivity contribution in [3.63, 3.8) is 0 Å². The SMILES string of the molecule is C=C1OC(=O)OC1(C)CC(OC)OCO. The summed E-state index contributed by atoms with van der Waals surface area (Å²) in [7, 11) is 1.42. The summed E-state index contributed by atoms with van der Waals surface area (Å²) in [6.45, 7) is 4.72. The molecule has 0 aromatic rings. The first-order valence-electron chi connectivity index (χ1n) is 4.37. The Balaban J connectivity index is 2.62. The Morgan fingerprint density at radius 1 is 1.67 bits per heavy atom. The second-order valence-electron chi connectivity index (χ2n) is 3.27. The third-order valence-corrected chi connectivity index (χ3v) is 2.18. The highest BCUT2D eigenvalue weighted by Crippen LogP contribution is 2.33. The van der Waals surface area contributed by atoms with Crippen LogP contribution >= 0.6 is 0 Å². The summed E-state index contributed by atoms with van der Waals surface area (Å²) in [5.41, 5.74) is -0.979. The monoisotopic (exact) mass is 218 g/mol. The van der Waals surface area contributed by atoms with Gasteiger partial charge in [-0.25, -0.2) is 4.79 Å². The fourth-order valence-corrected chi connectivity index (χ4v) is 1.24. The van der Waals surface area contributed by atoms with Crippen LogP contribution in [0, 0.1) is 0 Å². The lowest BCUT2D eigenvalue weighted by Crippen LogP contribution is -2.33. The molecule has 1 rings (SSSR count). The van der Waals surface area contributed by atoms with Gasteiger partial charge in [-0.2, -0.15) is 0 Å². The fraction of sp³-hybridized carbons (Fsp3) is 0.667. The molecule has 0 bridgehead atoms. The maximum absolute atomic E-state index is 10.9. The van der Waals surface area contributed by atoms with E-state index in [4.69, 9.17) is 19.3 Å². The van der Waals surface area contributed by atoms with Gasteiger partial charge in [0, 0.05) is 13.5 Å². The van der Waals surface area contributed by atoms with E-state index < -0.39 is 24.8 Å². The number of hydrogen-bond acceptors (Lipinski definition) is 6. The lowest BCUT2D eigenvalue weighted by Gasteiger charge is -2.25. The van der Waals surface area contributed by atoms with Crippen molar-refractivity contribution in [3.05, 3.63) is 12.3 Å². The van der Waals surface area contributed by atoms with Crippen molar-refractivity contribution in [3.8, 4) is 0 Å². The van der Waals surface area contributed by atoms with Gasteiger partial charge in [0.1, 0.15) is 12.6 Å². The summed E-state index contributed by atoms with van der Waals surface area (Å²) in [5.74, 6) is 0.205. The first kappa shape index (κ1) is 12.0. The number of carbonyl (C=O) groups is 1. The summed E-state index contributed by atoms with van der Waals surface area (Å²) in [4.78, 5) is 10.9. The lowest BCUT2D eigenvalue weighted by molar-refractivity contribution is -0.184. The molecule has 1 heterocycles. The van der Waals surface area contributed by atoms with Gasteiger partial charge in [0.05, 0.1) is 0 Å². The van der Waals surface area contributed by atoms with E-state index in [9.17, 15) is 4.79 Å². The summed E-state index contributed by atoms with van der Waals surface area (Å²) < 4.78 is 19.4. The van der Waals surface area contributed by atoms with Gasteiger partial charge in [-0.1, -0.05) is 6.58 Å². The molecule has 1 aliphatic heterocycles. The van der Waals surface area contributed by atoms with Crippen molar-refractivity contribution in [2.24, 2.45) is 0 Å². The van der Waals surface area contributed by atoms with Crippen molar-refractivity contribution < 1.29 is 28.8 Å². The number of ether oxygens (including phenoxy) is 4. The Kier molecular flexibility index (Phi) is 3.67. The van der Waals surface area contributed by atoms with E-state index in [1.807, 2.05) is 0 Å². The number of aliphatic hydroxyl groups excluding tert-OH is 1. The quantitative estimate of drug-likeness (QED) is 0.542. The Bertz CT molecular complexity index is 263. The molecule has 15 heavy (non-hydrogen) atoms. The molecule has 0 amide bonds. The third kappa shape index (κ3) is 2.68. The molecule has 2 atom stereocenters. The molecule has 0 aromatic carbocycles. The summed E-state index contributed by atoms with van der Waals surface area (Å²) in [6.07, 6.45) is -1.28. The largest absolute Gasteiger partial charge is 0.514 e. The Labute approximate surface area is 87.4 Å². The lowest BCUT2D eigenvalue weighted by atomic mass is 10.0.